The molecule has 1 aliphatic rings. The molecule has 1 fully saturated rings. The summed E-state index contributed by atoms with van der Waals surface area (Å²) in [4.78, 5) is 4.50. The van der Waals surface area contributed by atoms with Gasteiger partial charge in [-0.1, -0.05) is 56.3 Å². The van der Waals surface area contributed by atoms with Gasteiger partial charge >= 0.3 is 0 Å². The van der Waals surface area contributed by atoms with Gasteiger partial charge < -0.3 is 14.4 Å². The average Bonchev–Trinajstić information content (AvgIpc) is 3.15. The van der Waals surface area contributed by atoms with Crippen molar-refractivity contribution in [3.63, 3.8) is 0 Å². The standard InChI is InChI=1S/C18H24N2O3/c1-18(2,3)16-13(9-10-22-16)17-19-15(23-20-17)11-14(21)12-7-5-4-6-8-12/h4-8,13-14,16,21H,9-11H2,1-3H3/t13-,14-,16-/m0/s1. The van der Waals surface area contributed by atoms with Crippen molar-refractivity contribution in [2.24, 2.45) is 5.41 Å². The Morgan fingerprint density at radius 2 is 2.00 bits per heavy atom. The van der Waals surface area contributed by atoms with Gasteiger partial charge in [0.05, 0.1) is 24.5 Å². The summed E-state index contributed by atoms with van der Waals surface area (Å²) in [7, 11) is 0. The molecule has 3 atom stereocenters. The fraction of sp³-hybridized carbons (Fsp3) is 0.556. The Morgan fingerprint density at radius 1 is 1.26 bits per heavy atom. The second kappa shape index (κ2) is 6.42. The fourth-order valence-corrected chi connectivity index (χ4v) is 3.17. The Hall–Kier alpha value is -1.72. The first-order chi connectivity index (χ1) is 10.9. The van der Waals surface area contributed by atoms with Crippen molar-refractivity contribution < 1.29 is 14.4 Å². The number of hydrogen-bond acceptors (Lipinski definition) is 5. The molecule has 1 aliphatic heterocycles. The van der Waals surface area contributed by atoms with E-state index in [2.05, 4.69) is 30.9 Å². The molecule has 2 heterocycles. The SMILES string of the molecule is CC(C)(C)[C@H]1OCC[C@@H]1c1noc(C[C@H](O)c2ccccc2)n1. The lowest BCUT2D eigenvalue weighted by Crippen LogP contribution is -2.30. The van der Waals surface area contributed by atoms with Crippen LogP contribution in [0.1, 0.15) is 56.5 Å². The van der Waals surface area contributed by atoms with Crippen LogP contribution in [0.25, 0.3) is 0 Å². The van der Waals surface area contributed by atoms with Crippen molar-refractivity contribution in [2.75, 3.05) is 6.61 Å². The molecular weight excluding hydrogens is 292 g/mol. The normalized spacial score (nSPS) is 23.1. The number of ether oxygens (including phenoxy) is 1. The summed E-state index contributed by atoms with van der Waals surface area (Å²) in [6, 6.07) is 9.52. The number of aliphatic hydroxyl groups excluding tert-OH is 1. The summed E-state index contributed by atoms with van der Waals surface area (Å²) in [6.07, 6.45) is 0.683. The maximum Gasteiger partial charge on any atom is 0.229 e. The van der Waals surface area contributed by atoms with Crippen LogP contribution in [0, 0.1) is 5.41 Å². The first kappa shape index (κ1) is 16.1. The number of benzene rings is 1. The Morgan fingerprint density at radius 3 is 2.70 bits per heavy atom. The molecule has 0 bridgehead atoms. The Kier molecular flexibility index (Phi) is 4.50. The van der Waals surface area contributed by atoms with E-state index in [4.69, 9.17) is 9.26 Å². The lowest BCUT2D eigenvalue weighted by Gasteiger charge is -2.29. The predicted molar refractivity (Wildman–Crippen MR) is 86.0 cm³/mol. The molecular formula is C18H24N2O3. The van der Waals surface area contributed by atoms with Gasteiger partial charge in [0, 0.05) is 6.61 Å². The first-order valence-electron chi connectivity index (χ1n) is 8.12. The molecule has 1 saturated heterocycles. The van der Waals surface area contributed by atoms with E-state index in [1.165, 1.54) is 0 Å². The van der Waals surface area contributed by atoms with Crippen molar-refractivity contribution in [3.05, 3.63) is 47.6 Å². The molecule has 1 aromatic heterocycles. The van der Waals surface area contributed by atoms with Crippen LogP contribution >= 0.6 is 0 Å². The zero-order valence-corrected chi connectivity index (χ0v) is 13.9. The molecule has 3 rings (SSSR count). The van der Waals surface area contributed by atoms with Gasteiger partial charge in [-0.3, -0.25) is 0 Å². The van der Waals surface area contributed by atoms with Crippen LogP contribution in [0.2, 0.25) is 0 Å². The molecule has 0 aliphatic carbocycles. The third-order valence-electron chi connectivity index (χ3n) is 4.31. The molecule has 2 aromatic rings. The Balaban J connectivity index is 1.71. The van der Waals surface area contributed by atoms with Crippen molar-refractivity contribution in [2.45, 2.75) is 51.7 Å². The Bertz CT molecular complexity index is 633. The van der Waals surface area contributed by atoms with Crippen LogP contribution in [0.4, 0.5) is 0 Å². The van der Waals surface area contributed by atoms with Crippen molar-refractivity contribution in [1.82, 2.24) is 10.1 Å². The molecule has 23 heavy (non-hydrogen) atoms. The maximum absolute atomic E-state index is 10.3. The van der Waals surface area contributed by atoms with Gasteiger partial charge in [-0.15, -0.1) is 0 Å². The fourth-order valence-electron chi connectivity index (χ4n) is 3.17. The molecule has 0 amide bonds. The van der Waals surface area contributed by atoms with E-state index in [1.807, 2.05) is 30.3 Å². The maximum atomic E-state index is 10.3. The minimum atomic E-state index is -0.636. The van der Waals surface area contributed by atoms with Crippen molar-refractivity contribution in [1.29, 1.82) is 0 Å². The largest absolute Gasteiger partial charge is 0.388 e. The van der Waals surface area contributed by atoms with Gasteiger partial charge in [0.15, 0.2) is 5.82 Å². The van der Waals surface area contributed by atoms with E-state index >= 15 is 0 Å². The van der Waals surface area contributed by atoms with Crippen LogP contribution in [-0.2, 0) is 11.2 Å². The third kappa shape index (κ3) is 3.62. The Labute approximate surface area is 136 Å². The van der Waals surface area contributed by atoms with Crippen LogP contribution in [-0.4, -0.2) is 28.0 Å². The predicted octanol–water partition coefficient (Wildman–Crippen LogP) is 3.26. The second-order valence-corrected chi connectivity index (χ2v) is 7.23. The molecule has 0 unspecified atom stereocenters. The highest BCUT2D eigenvalue weighted by Crippen LogP contribution is 2.39. The van der Waals surface area contributed by atoms with Gasteiger partial charge in [0.2, 0.25) is 5.89 Å². The van der Waals surface area contributed by atoms with Gasteiger partial charge in [0.25, 0.3) is 0 Å². The number of rotatable bonds is 4. The summed E-state index contributed by atoms with van der Waals surface area (Å²) in [6.45, 7) is 7.21. The summed E-state index contributed by atoms with van der Waals surface area (Å²) in [5.74, 6) is 1.31. The number of aromatic nitrogens is 2. The molecule has 0 radical (unpaired) electrons. The molecule has 1 aromatic carbocycles. The van der Waals surface area contributed by atoms with Crippen LogP contribution in [0.5, 0.6) is 0 Å². The van der Waals surface area contributed by atoms with E-state index in [9.17, 15) is 5.11 Å². The number of hydrogen-bond donors (Lipinski definition) is 1. The summed E-state index contributed by atoms with van der Waals surface area (Å²) in [5, 5.41) is 14.4. The number of nitrogens with zero attached hydrogens (tertiary/aromatic N) is 2. The zero-order chi connectivity index (χ0) is 16.4. The van der Waals surface area contributed by atoms with Gasteiger partial charge in [-0.2, -0.15) is 4.98 Å². The minimum Gasteiger partial charge on any atom is -0.388 e. The first-order valence-corrected chi connectivity index (χ1v) is 8.12. The highest BCUT2D eigenvalue weighted by Gasteiger charge is 2.40. The molecule has 5 nitrogen and oxygen atoms in total. The summed E-state index contributed by atoms with van der Waals surface area (Å²) < 4.78 is 11.2. The van der Waals surface area contributed by atoms with E-state index < -0.39 is 6.10 Å². The highest BCUT2D eigenvalue weighted by molar-refractivity contribution is 5.18. The number of aliphatic hydroxyl groups is 1. The van der Waals surface area contributed by atoms with Crippen molar-refractivity contribution >= 4 is 0 Å². The monoisotopic (exact) mass is 316 g/mol. The molecule has 5 heteroatoms. The smallest absolute Gasteiger partial charge is 0.229 e. The van der Waals surface area contributed by atoms with E-state index in [0.29, 0.717) is 18.1 Å². The molecule has 0 spiro atoms. The van der Waals surface area contributed by atoms with E-state index in [-0.39, 0.29) is 17.4 Å². The minimum absolute atomic E-state index is 0.0332. The lowest BCUT2D eigenvalue weighted by atomic mass is 9.81. The van der Waals surface area contributed by atoms with E-state index in [1.54, 1.807) is 0 Å². The van der Waals surface area contributed by atoms with Crippen LogP contribution < -0.4 is 0 Å². The van der Waals surface area contributed by atoms with Crippen LogP contribution in [0.15, 0.2) is 34.9 Å². The topological polar surface area (TPSA) is 68.4 Å². The van der Waals surface area contributed by atoms with Crippen molar-refractivity contribution in [3.8, 4) is 0 Å². The summed E-state index contributed by atoms with van der Waals surface area (Å²) >= 11 is 0. The van der Waals surface area contributed by atoms with Gasteiger partial charge in [-0.05, 0) is 17.4 Å². The van der Waals surface area contributed by atoms with Gasteiger partial charge in [-0.25, -0.2) is 0 Å². The zero-order valence-electron chi connectivity index (χ0n) is 13.9. The lowest BCUT2D eigenvalue weighted by molar-refractivity contribution is 0.0193. The van der Waals surface area contributed by atoms with Gasteiger partial charge in [0.1, 0.15) is 0 Å². The van der Waals surface area contributed by atoms with Crippen LogP contribution in [0.3, 0.4) is 0 Å². The molecule has 0 saturated carbocycles. The third-order valence-corrected chi connectivity index (χ3v) is 4.31. The second-order valence-electron chi connectivity index (χ2n) is 7.23. The van der Waals surface area contributed by atoms with E-state index in [0.717, 1.165) is 18.6 Å². The summed E-state index contributed by atoms with van der Waals surface area (Å²) in [5.41, 5.74) is 0.884. The highest BCUT2D eigenvalue weighted by atomic mass is 16.5. The molecule has 124 valence electrons. The quantitative estimate of drug-likeness (QED) is 0.937. The average molecular weight is 316 g/mol. The molecule has 1 N–H and O–H groups in total.